The van der Waals surface area contributed by atoms with Crippen LogP contribution in [-0.2, 0) is 0 Å². The first-order valence-corrected chi connectivity index (χ1v) is 3.18. The van der Waals surface area contributed by atoms with Crippen LogP contribution in [0.5, 0.6) is 5.75 Å². The molecule has 2 N–H and O–H groups in total. The van der Waals surface area contributed by atoms with Crippen molar-refractivity contribution in [2.75, 3.05) is 0 Å². The summed E-state index contributed by atoms with van der Waals surface area (Å²) in [6.07, 6.45) is 1.01. The molecule has 5 heteroatoms. The summed E-state index contributed by atoms with van der Waals surface area (Å²) in [6.45, 7) is 0. The van der Waals surface area contributed by atoms with Crippen LogP contribution in [0, 0.1) is 5.82 Å². The Hall–Kier alpha value is -0.840. The second-order valence-electron chi connectivity index (χ2n) is 1.63. The van der Waals surface area contributed by atoms with Gasteiger partial charge in [0.25, 0.3) is 5.43 Å². The Balaban J connectivity index is 3.50. The van der Waals surface area contributed by atoms with Crippen LogP contribution in [0.25, 0.3) is 0 Å². The molecule has 1 aromatic heterocycles. The SMILES string of the molecule is O=c1c(O)c[nH]c(Br)c1F. The van der Waals surface area contributed by atoms with Gasteiger partial charge in [-0.2, -0.15) is 4.39 Å². The lowest BCUT2D eigenvalue weighted by atomic mass is 10.4. The van der Waals surface area contributed by atoms with Crippen molar-refractivity contribution >= 4 is 15.9 Å². The minimum absolute atomic E-state index is 0.0599. The van der Waals surface area contributed by atoms with Crippen LogP contribution in [0.3, 0.4) is 0 Å². The summed E-state index contributed by atoms with van der Waals surface area (Å²) in [5.74, 6) is -1.64. The van der Waals surface area contributed by atoms with Crippen LogP contribution in [-0.4, -0.2) is 10.1 Å². The topological polar surface area (TPSA) is 53.1 Å². The Morgan fingerprint density at radius 3 is 2.80 bits per heavy atom. The van der Waals surface area contributed by atoms with Crippen LogP contribution in [0.1, 0.15) is 0 Å². The highest BCUT2D eigenvalue weighted by Crippen LogP contribution is 2.09. The Morgan fingerprint density at radius 2 is 2.30 bits per heavy atom. The lowest BCUT2D eigenvalue weighted by molar-refractivity contribution is 0.456. The zero-order chi connectivity index (χ0) is 7.72. The molecule has 0 aliphatic carbocycles. The molecule has 0 fully saturated rings. The summed E-state index contributed by atoms with van der Waals surface area (Å²) >= 11 is 2.74. The van der Waals surface area contributed by atoms with Crippen LogP contribution < -0.4 is 5.43 Å². The Bertz CT molecular complexity index is 309. The molecule has 3 nitrogen and oxygen atoms in total. The van der Waals surface area contributed by atoms with Crippen molar-refractivity contribution in [2.24, 2.45) is 0 Å². The number of H-pyrrole nitrogens is 1. The molecule has 10 heavy (non-hydrogen) atoms. The number of aromatic hydroxyl groups is 1. The molecule has 0 unspecified atom stereocenters. The largest absolute Gasteiger partial charge is 0.503 e. The van der Waals surface area contributed by atoms with E-state index in [0.717, 1.165) is 6.20 Å². The van der Waals surface area contributed by atoms with Crippen LogP contribution in [0.15, 0.2) is 15.6 Å². The molecule has 0 aromatic carbocycles. The molecule has 0 atom stereocenters. The van der Waals surface area contributed by atoms with Crippen molar-refractivity contribution in [3.05, 3.63) is 26.8 Å². The summed E-state index contributed by atoms with van der Waals surface area (Å²) in [6, 6.07) is 0. The Labute approximate surface area is 63.6 Å². The maximum atomic E-state index is 12.4. The molecular formula is C5H3BrFNO2. The van der Waals surface area contributed by atoms with Gasteiger partial charge in [0.15, 0.2) is 5.75 Å². The zero-order valence-electron chi connectivity index (χ0n) is 4.69. The van der Waals surface area contributed by atoms with E-state index < -0.39 is 17.0 Å². The molecule has 0 saturated carbocycles. The Morgan fingerprint density at radius 1 is 1.70 bits per heavy atom. The molecule has 0 bridgehead atoms. The molecule has 0 amide bonds. The number of rotatable bonds is 0. The highest BCUT2D eigenvalue weighted by atomic mass is 79.9. The smallest absolute Gasteiger partial charge is 0.259 e. The van der Waals surface area contributed by atoms with Crippen molar-refractivity contribution in [3.8, 4) is 5.75 Å². The van der Waals surface area contributed by atoms with Crippen molar-refractivity contribution in [1.82, 2.24) is 4.98 Å². The quantitative estimate of drug-likeness (QED) is 0.624. The first-order valence-electron chi connectivity index (χ1n) is 2.38. The number of hydrogen-bond acceptors (Lipinski definition) is 2. The van der Waals surface area contributed by atoms with Gasteiger partial charge in [0.05, 0.1) is 0 Å². The van der Waals surface area contributed by atoms with Gasteiger partial charge in [0.1, 0.15) is 4.60 Å². The molecule has 1 heterocycles. The van der Waals surface area contributed by atoms with Gasteiger partial charge in [0.2, 0.25) is 5.82 Å². The third kappa shape index (κ3) is 1.04. The average Bonchev–Trinajstić information content (AvgIpc) is 1.93. The minimum atomic E-state index is -1.01. The van der Waals surface area contributed by atoms with Gasteiger partial charge in [0, 0.05) is 6.20 Å². The van der Waals surface area contributed by atoms with Crippen molar-refractivity contribution < 1.29 is 9.50 Å². The number of aromatic amines is 1. The molecular weight excluding hydrogens is 205 g/mol. The Kier molecular flexibility index (Phi) is 1.76. The maximum Gasteiger partial charge on any atom is 0.259 e. The number of nitrogens with one attached hydrogen (secondary N) is 1. The highest BCUT2D eigenvalue weighted by Gasteiger charge is 2.06. The molecule has 0 saturated heterocycles. The van der Waals surface area contributed by atoms with E-state index >= 15 is 0 Å². The van der Waals surface area contributed by atoms with Gasteiger partial charge in [-0.25, -0.2) is 0 Å². The van der Waals surface area contributed by atoms with Crippen molar-refractivity contribution in [1.29, 1.82) is 0 Å². The standard InChI is InChI=1S/C5H3BrFNO2/c6-5-3(7)4(10)2(9)1-8-5/h1,9H,(H,8,10). The summed E-state index contributed by atoms with van der Waals surface area (Å²) < 4.78 is 12.4. The summed E-state index contributed by atoms with van der Waals surface area (Å²) in [7, 11) is 0. The van der Waals surface area contributed by atoms with Gasteiger partial charge in [-0.1, -0.05) is 0 Å². The predicted octanol–water partition coefficient (Wildman–Crippen LogP) is 0.982. The molecule has 0 aliphatic rings. The van der Waals surface area contributed by atoms with Gasteiger partial charge in [-0.3, -0.25) is 4.79 Å². The molecule has 1 aromatic rings. The van der Waals surface area contributed by atoms with Gasteiger partial charge < -0.3 is 10.1 Å². The van der Waals surface area contributed by atoms with Crippen LogP contribution >= 0.6 is 15.9 Å². The van der Waals surface area contributed by atoms with Gasteiger partial charge in [-0.15, -0.1) is 0 Å². The maximum absolute atomic E-state index is 12.4. The number of aromatic nitrogens is 1. The number of pyridine rings is 1. The van der Waals surface area contributed by atoms with E-state index in [9.17, 15) is 9.18 Å². The fraction of sp³-hybridized carbons (Fsp3) is 0. The second-order valence-corrected chi connectivity index (χ2v) is 2.42. The van der Waals surface area contributed by atoms with E-state index in [1.54, 1.807) is 0 Å². The lowest BCUT2D eigenvalue weighted by Gasteiger charge is -1.92. The molecule has 0 radical (unpaired) electrons. The van der Waals surface area contributed by atoms with E-state index in [0.29, 0.717) is 0 Å². The summed E-state index contributed by atoms with van der Waals surface area (Å²) in [5.41, 5.74) is -1.01. The fourth-order valence-electron chi connectivity index (χ4n) is 0.473. The van der Waals surface area contributed by atoms with Crippen LogP contribution in [0.4, 0.5) is 4.39 Å². The van der Waals surface area contributed by atoms with E-state index in [4.69, 9.17) is 5.11 Å². The van der Waals surface area contributed by atoms with Crippen molar-refractivity contribution in [2.45, 2.75) is 0 Å². The van der Waals surface area contributed by atoms with Gasteiger partial charge in [-0.05, 0) is 15.9 Å². The third-order valence-electron chi connectivity index (χ3n) is 0.960. The van der Waals surface area contributed by atoms with Gasteiger partial charge >= 0.3 is 0 Å². The monoisotopic (exact) mass is 207 g/mol. The third-order valence-corrected chi connectivity index (χ3v) is 1.54. The average molecular weight is 208 g/mol. The summed E-state index contributed by atoms with van der Waals surface area (Å²) in [5, 5.41) is 8.62. The number of halogens is 2. The van der Waals surface area contributed by atoms with E-state index in [-0.39, 0.29) is 4.60 Å². The van der Waals surface area contributed by atoms with E-state index in [1.807, 2.05) is 0 Å². The first kappa shape index (κ1) is 7.27. The van der Waals surface area contributed by atoms with Crippen molar-refractivity contribution in [3.63, 3.8) is 0 Å². The lowest BCUT2D eigenvalue weighted by Crippen LogP contribution is -2.06. The zero-order valence-corrected chi connectivity index (χ0v) is 6.27. The normalized spacial score (nSPS) is 9.80. The molecule has 1 rings (SSSR count). The predicted molar refractivity (Wildman–Crippen MR) is 36.4 cm³/mol. The first-order chi connectivity index (χ1) is 4.63. The second kappa shape index (κ2) is 2.42. The van der Waals surface area contributed by atoms with E-state index in [1.165, 1.54) is 0 Å². The highest BCUT2D eigenvalue weighted by molar-refractivity contribution is 9.10. The number of hydrogen-bond donors (Lipinski definition) is 2. The van der Waals surface area contributed by atoms with Crippen LogP contribution in [0.2, 0.25) is 0 Å². The minimum Gasteiger partial charge on any atom is -0.503 e. The van der Waals surface area contributed by atoms with E-state index in [2.05, 4.69) is 20.9 Å². The molecule has 0 aliphatic heterocycles. The molecule has 0 spiro atoms. The fourth-order valence-corrected chi connectivity index (χ4v) is 0.767. The summed E-state index contributed by atoms with van der Waals surface area (Å²) in [4.78, 5) is 12.8. The molecule has 54 valence electrons.